The Labute approximate surface area is 329 Å². The third-order valence-corrected chi connectivity index (χ3v) is 8.70. The van der Waals surface area contributed by atoms with Crippen LogP contribution < -0.4 is 0 Å². The van der Waals surface area contributed by atoms with Crippen molar-refractivity contribution in [2.24, 2.45) is 0 Å². The number of unbranched alkanes of at least 4 members (excludes halogenated alkanes) is 12. The molecule has 0 aromatic heterocycles. The molecule has 8 heteroatoms. The van der Waals surface area contributed by atoms with Crippen LogP contribution in [0.3, 0.4) is 0 Å². The maximum Gasteiger partial charge on any atom is 0.362 e. The molecule has 8 nitrogen and oxygen atoms in total. The van der Waals surface area contributed by atoms with Crippen molar-refractivity contribution in [3.8, 4) is 0 Å². The lowest BCUT2D eigenvalue weighted by atomic mass is 10.1. The van der Waals surface area contributed by atoms with E-state index in [2.05, 4.69) is 68.5 Å². The molecule has 306 valence electrons. The average Bonchev–Trinajstić information content (AvgIpc) is 3.12. The third-order valence-electron chi connectivity index (χ3n) is 8.70. The minimum atomic E-state index is -0.886. The summed E-state index contributed by atoms with van der Waals surface area (Å²) in [6.45, 7) is 4.40. The molecule has 0 aliphatic carbocycles. The Kier molecular flexibility index (Phi) is 34.1. The SMILES string of the molecule is CC/C=C/C=C/C=C/C=C/CCCCCCCC(=O)OCC(COCCC(C(=O)O)[N+](C)(C)C)OC(=O)CCCCCCCCC/C=C/C=C/C=C/CC. The van der Waals surface area contributed by atoms with Crippen molar-refractivity contribution in [3.63, 3.8) is 0 Å². The number of carbonyl (C=O) groups is 3. The van der Waals surface area contributed by atoms with Gasteiger partial charge in [-0.2, -0.15) is 0 Å². The summed E-state index contributed by atoms with van der Waals surface area (Å²) in [5.74, 6) is -1.53. The standard InChI is InChI=1S/C46H75NO7/c1-6-8-10-12-14-16-18-20-22-24-26-28-30-32-34-36-44(48)53-41-42(40-52-39-38-43(46(50)51)47(3,4)5)54-45(49)37-35-33-31-29-27-25-23-21-19-17-15-13-11-9-7-2/h8-20,22,42-43H,6-7,21,23-41H2,1-5H3/p+1/b10-8+,11-9+,14-12+,15-13+,18-16+,19-17+,22-20+. The van der Waals surface area contributed by atoms with Gasteiger partial charge in [0.1, 0.15) is 6.61 Å². The predicted molar refractivity (Wildman–Crippen MR) is 224 cm³/mol. The number of nitrogens with zero attached hydrogens (tertiary/aromatic N) is 1. The molecule has 0 aliphatic rings. The number of carboxylic acid groups (broad SMARTS) is 1. The second-order valence-corrected chi connectivity index (χ2v) is 14.6. The van der Waals surface area contributed by atoms with Crippen LogP contribution in [0.4, 0.5) is 0 Å². The summed E-state index contributed by atoms with van der Waals surface area (Å²) >= 11 is 0. The molecule has 2 unspecified atom stereocenters. The molecule has 1 N–H and O–H groups in total. The van der Waals surface area contributed by atoms with Crippen LogP contribution in [-0.4, -0.2) is 80.6 Å². The highest BCUT2D eigenvalue weighted by Crippen LogP contribution is 2.13. The molecule has 0 fully saturated rings. The number of hydrogen-bond donors (Lipinski definition) is 1. The Morgan fingerprint density at radius 3 is 1.44 bits per heavy atom. The smallest absolute Gasteiger partial charge is 0.362 e. The number of rotatable bonds is 35. The van der Waals surface area contributed by atoms with Gasteiger partial charge in [-0.25, -0.2) is 4.79 Å². The third kappa shape index (κ3) is 34.3. The lowest BCUT2D eigenvalue weighted by Gasteiger charge is -2.31. The van der Waals surface area contributed by atoms with Gasteiger partial charge in [0.05, 0.1) is 34.4 Å². The highest BCUT2D eigenvalue weighted by molar-refractivity contribution is 5.72. The summed E-state index contributed by atoms with van der Waals surface area (Å²) in [6, 6.07) is -0.625. The molecule has 0 aromatic rings. The number of likely N-dealkylation sites (N-methyl/N-ethyl adjacent to an activating group) is 1. The number of ether oxygens (including phenoxy) is 3. The summed E-state index contributed by atoms with van der Waals surface area (Å²) in [4.78, 5) is 36.9. The van der Waals surface area contributed by atoms with E-state index in [-0.39, 0.29) is 36.2 Å². The lowest BCUT2D eigenvalue weighted by Crippen LogP contribution is -2.50. The van der Waals surface area contributed by atoms with Gasteiger partial charge in [-0.05, 0) is 51.4 Å². The van der Waals surface area contributed by atoms with E-state index in [1.165, 1.54) is 19.3 Å². The molecule has 0 saturated carbocycles. The highest BCUT2D eigenvalue weighted by atomic mass is 16.6. The van der Waals surface area contributed by atoms with Crippen LogP contribution in [0.5, 0.6) is 0 Å². The van der Waals surface area contributed by atoms with Gasteiger partial charge in [-0.15, -0.1) is 0 Å². The van der Waals surface area contributed by atoms with E-state index >= 15 is 0 Å². The van der Waals surface area contributed by atoms with Gasteiger partial charge in [0.15, 0.2) is 12.1 Å². The Bertz CT molecular complexity index is 1160. The summed E-state index contributed by atoms with van der Waals surface area (Å²) in [7, 11) is 5.50. The molecular weight excluding hydrogens is 679 g/mol. The van der Waals surface area contributed by atoms with Crippen LogP contribution in [0.15, 0.2) is 85.1 Å². The van der Waals surface area contributed by atoms with Crippen molar-refractivity contribution in [1.82, 2.24) is 0 Å². The van der Waals surface area contributed by atoms with E-state index in [0.717, 1.165) is 83.5 Å². The predicted octanol–water partition coefficient (Wildman–Crippen LogP) is 11.0. The number of esters is 2. The van der Waals surface area contributed by atoms with Crippen molar-refractivity contribution in [2.75, 3.05) is 41.0 Å². The summed E-state index contributed by atoms with van der Waals surface area (Å²) in [6.07, 6.45) is 46.2. The minimum absolute atomic E-state index is 0.0428. The molecule has 0 spiro atoms. The minimum Gasteiger partial charge on any atom is -0.477 e. The van der Waals surface area contributed by atoms with Crippen molar-refractivity contribution in [3.05, 3.63) is 85.1 Å². The van der Waals surface area contributed by atoms with Crippen molar-refractivity contribution in [2.45, 2.75) is 148 Å². The molecular formula is C46H76NO7+. The Hall–Kier alpha value is -3.49. The summed E-state index contributed by atoms with van der Waals surface area (Å²) in [5, 5.41) is 9.61. The van der Waals surface area contributed by atoms with Gasteiger partial charge in [0, 0.05) is 19.3 Å². The Balaban J connectivity index is 4.46. The van der Waals surface area contributed by atoms with Gasteiger partial charge in [-0.3, -0.25) is 9.59 Å². The van der Waals surface area contributed by atoms with Crippen LogP contribution in [0.2, 0.25) is 0 Å². The van der Waals surface area contributed by atoms with Crippen LogP contribution in [0, 0.1) is 0 Å². The molecule has 0 heterocycles. The first-order valence-corrected chi connectivity index (χ1v) is 20.7. The number of allylic oxidation sites excluding steroid dienone is 14. The lowest BCUT2D eigenvalue weighted by molar-refractivity contribution is -0.887. The van der Waals surface area contributed by atoms with Gasteiger partial charge in [-0.1, -0.05) is 150 Å². The second-order valence-electron chi connectivity index (χ2n) is 14.6. The molecule has 0 bridgehead atoms. The van der Waals surface area contributed by atoms with Crippen LogP contribution in [-0.2, 0) is 28.6 Å². The first-order valence-electron chi connectivity index (χ1n) is 20.7. The van der Waals surface area contributed by atoms with Crippen LogP contribution in [0.25, 0.3) is 0 Å². The van der Waals surface area contributed by atoms with E-state index in [1.807, 2.05) is 51.5 Å². The molecule has 0 aliphatic heterocycles. The molecule has 0 aromatic carbocycles. The summed E-state index contributed by atoms with van der Waals surface area (Å²) < 4.78 is 17.2. The number of aliphatic carboxylic acids is 1. The van der Waals surface area contributed by atoms with Crippen molar-refractivity contribution >= 4 is 17.9 Å². The van der Waals surface area contributed by atoms with Gasteiger partial charge in [0.2, 0.25) is 0 Å². The maximum absolute atomic E-state index is 12.7. The van der Waals surface area contributed by atoms with Crippen LogP contribution in [0.1, 0.15) is 136 Å². The largest absolute Gasteiger partial charge is 0.477 e. The molecule has 0 saturated heterocycles. The average molecular weight is 755 g/mol. The number of carbonyl (C=O) groups excluding carboxylic acids is 2. The number of quaternary nitrogens is 1. The van der Waals surface area contributed by atoms with E-state index < -0.39 is 18.1 Å². The maximum atomic E-state index is 12.7. The second kappa shape index (κ2) is 36.5. The zero-order chi connectivity index (χ0) is 40.0. The molecule has 2 atom stereocenters. The van der Waals surface area contributed by atoms with Crippen LogP contribution >= 0.6 is 0 Å². The van der Waals surface area contributed by atoms with E-state index in [1.54, 1.807) is 0 Å². The molecule has 0 radical (unpaired) electrons. The zero-order valence-electron chi connectivity index (χ0n) is 34.6. The first kappa shape index (κ1) is 50.5. The summed E-state index contributed by atoms with van der Waals surface area (Å²) in [5.41, 5.74) is 0. The molecule has 0 rings (SSSR count). The fraction of sp³-hybridized carbons (Fsp3) is 0.630. The Morgan fingerprint density at radius 2 is 0.981 bits per heavy atom. The fourth-order valence-corrected chi connectivity index (χ4v) is 5.51. The Morgan fingerprint density at radius 1 is 0.556 bits per heavy atom. The normalized spacial score (nSPS) is 13.9. The van der Waals surface area contributed by atoms with E-state index in [0.29, 0.717) is 19.3 Å². The number of carboxylic acids is 1. The van der Waals surface area contributed by atoms with Crippen molar-refractivity contribution < 1.29 is 38.2 Å². The van der Waals surface area contributed by atoms with Gasteiger partial charge in [0.25, 0.3) is 0 Å². The van der Waals surface area contributed by atoms with E-state index in [9.17, 15) is 19.5 Å². The van der Waals surface area contributed by atoms with E-state index in [4.69, 9.17) is 14.2 Å². The van der Waals surface area contributed by atoms with Gasteiger partial charge < -0.3 is 23.8 Å². The first-order chi connectivity index (χ1) is 26.1. The molecule has 54 heavy (non-hydrogen) atoms. The fourth-order valence-electron chi connectivity index (χ4n) is 5.51. The highest BCUT2D eigenvalue weighted by Gasteiger charge is 2.31. The monoisotopic (exact) mass is 755 g/mol. The quantitative estimate of drug-likeness (QED) is 0.0298. The van der Waals surface area contributed by atoms with Gasteiger partial charge >= 0.3 is 17.9 Å². The number of hydrogen-bond acceptors (Lipinski definition) is 6. The zero-order valence-corrected chi connectivity index (χ0v) is 34.6. The topological polar surface area (TPSA) is 99.1 Å². The molecule has 0 amide bonds. The van der Waals surface area contributed by atoms with Crippen molar-refractivity contribution in [1.29, 1.82) is 0 Å².